The summed E-state index contributed by atoms with van der Waals surface area (Å²) >= 11 is 11.1. The van der Waals surface area contributed by atoms with Gasteiger partial charge in [-0.25, -0.2) is 0 Å². The van der Waals surface area contributed by atoms with E-state index in [-0.39, 0.29) is 17.9 Å². The summed E-state index contributed by atoms with van der Waals surface area (Å²) in [5.74, 6) is 0.703. The Morgan fingerprint density at radius 3 is 2.35 bits per heavy atom. The fourth-order valence-corrected chi connectivity index (χ4v) is 4.17. The van der Waals surface area contributed by atoms with Crippen LogP contribution in [0, 0.1) is 0 Å². The van der Waals surface area contributed by atoms with Gasteiger partial charge in [0.05, 0.1) is 0 Å². The van der Waals surface area contributed by atoms with E-state index in [0.29, 0.717) is 18.0 Å². The zero-order valence-corrected chi connectivity index (χ0v) is 21.4. The molecule has 0 fully saturated rings. The van der Waals surface area contributed by atoms with Gasteiger partial charge in [-0.05, 0) is 74.4 Å². The minimum Gasteiger partial charge on any atom is -0.352 e. The van der Waals surface area contributed by atoms with Crippen LogP contribution in [0.15, 0.2) is 57.9 Å². The third-order valence-electron chi connectivity index (χ3n) is 5.05. The number of nitrogens with zero attached hydrogens (tertiary/aromatic N) is 1. The molecular weight excluding hydrogens is 496 g/mol. The van der Waals surface area contributed by atoms with Crippen molar-refractivity contribution in [1.82, 2.24) is 10.2 Å². The number of hydrogen-bond acceptors (Lipinski definition) is 3. The summed E-state index contributed by atoms with van der Waals surface area (Å²) in [5, 5.41) is 3.71. The molecule has 0 aliphatic heterocycles. The molecule has 0 aliphatic rings. The Labute approximate surface area is 203 Å². The minimum absolute atomic E-state index is 0.00794. The average molecular weight is 526 g/mol. The van der Waals surface area contributed by atoms with Crippen molar-refractivity contribution in [2.24, 2.45) is 0 Å². The Morgan fingerprint density at radius 2 is 1.74 bits per heavy atom. The monoisotopic (exact) mass is 524 g/mol. The first kappa shape index (κ1) is 25.8. The third-order valence-corrected chi connectivity index (χ3v) is 6.93. The van der Waals surface area contributed by atoms with E-state index < -0.39 is 6.04 Å². The second-order valence-corrected chi connectivity index (χ2v) is 10.1. The van der Waals surface area contributed by atoms with E-state index in [9.17, 15) is 9.59 Å². The van der Waals surface area contributed by atoms with Gasteiger partial charge in [-0.3, -0.25) is 9.59 Å². The predicted molar refractivity (Wildman–Crippen MR) is 133 cm³/mol. The summed E-state index contributed by atoms with van der Waals surface area (Å²) in [4.78, 5) is 28.6. The highest BCUT2D eigenvalue weighted by atomic mass is 79.9. The maximum atomic E-state index is 13.1. The molecule has 2 amide bonds. The number of benzene rings is 2. The van der Waals surface area contributed by atoms with E-state index >= 15 is 0 Å². The van der Waals surface area contributed by atoms with Gasteiger partial charge in [0, 0.05) is 33.4 Å². The molecule has 0 saturated carbocycles. The molecule has 2 rings (SSSR count). The Hall–Kier alpha value is -1.50. The Bertz CT molecular complexity index is 846. The summed E-state index contributed by atoms with van der Waals surface area (Å²) in [6.07, 6.45) is 1.99. The maximum Gasteiger partial charge on any atom is 0.242 e. The van der Waals surface area contributed by atoms with Crippen molar-refractivity contribution in [3.63, 3.8) is 0 Å². The molecule has 0 aliphatic carbocycles. The van der Waals surface area contributed by atoms with Crippen molar-refractivity contribution in [3.05, 3.63) is 63.6 Å². The van der Waals surface area contributed by atoms with Gasteiger partial charge in [-0.1, -0.05) is 46.6 Å². The lowest BCUT2D eigenvalue weighted by molar-refractivity contribution is -0.140. The van der Waals surface area contributed by atoms with Gasteiger partial charge >= 0.3 is 0 Å². The van der Waals surface area contributed by atoms with Crippen LogP contribution in [0.2, 0.25) is 5.02 Å². The predicted octanol–water partition coefficient (Wildman–Crippen LogP) is 6.31. The van der Waals surface area contributed by atoms with Crippen LogP contribution in [0.1, 0.15) is 45.6 Å². The summed E-state index contributed by atoms with van der Waals surface area (Å²) in [6.45, 7) is 6.21. The van der Waals surface area contributed by atoms with Gasteiger partial charge in [-0.2, -0.15) is 0 Å². The molecular formula is C24H30BrClN2O2S. The average Bonchev–Trinajstić information content (AvgIpc) is 2.76. The first-order valence-corrected chi connectivity index (χ1v) is 12.7. The van der Waals surface area contributed by atoms with Crippen LogP contribution in [-0.2, 0) is 16.1 Å². The second kappa shape index (κ2) is 13.1. The highest BCUT2D eigenvalue weighted by molar-refractivity contribution is 9.10. The Morgan fingerprint density at radius 1 is 1.10 bits per heavy atom. The lowest BCUT2D eigenvalue weighted by Gasteiger charge is -2.29. The molecule has 168 valence electrons. The van der Waals surface area contributed by atoms with Crippen molar-refractivity contribution < 1.29 is 9.59 Å². The van der Waals surface area contributed by atoms with Crippen molar-refractivity contribution in [2.45, 2.75) is 63.6 Å². The zero-order valence-electron chi connectivity index (χ0n) is 18.2. The van der Waals surface area contributed by atoms with Crippen LogP contribution < -0.4 is 5.32 Å². The number of hydrogen-bond donors (Lipinski definition) is 1. The van der Waals surface area contributed by atoms with Crippen molar-refractivity contribution >= 4 is 51.1 Å². The number of thioether (sulfide) groups is 1. The molecule has 31 heavy (non-hydrogen) atoms. The maximum absolute atomic E-state index is 13.1. The molecule has 0 bridgehead atoms. The fourth-order valence-electron chi connectivity index (χ4n) is 2.92. The lowest BCUT2D eigenvalue weighted by Crippen LogP contribution is -2.49. The highest BCUT2D eigenvalue weighted by Gasteiger charge is 2.26. The molecule has 0 spiro atoms. The summed E-state index contributed by atoms with van der Waals surface area (Å²) in [7, 11) is 0. The van der Waals surface area contributed by atoms with Gasteiger partial charge in [-0.15, -0.1) is 11.8 Å². The number of carbonyl (C=O) groups is 2. The first-order chi connectivity index (χ1) is 14.8. The number of amides is 2. The molecule has 1 N–H and O–H groups in total. The largest absolute Gasteiger partial charge is 0.352 e. The van der Waals surface area contributed by atoms with Gasteiger partial charge < -0.3 is 10.2 Å². The van der Waals surface area contributed by atoms with Crippen LogP contribution in [-0.4, -0.2) is 34.6 Å². The molecule has 0 radical (unpaired) electrons. The first-order valence-electron chi connectivity index (χ1n) is 10.5. The third kappa shape index (κ3) is 8.87. The quantitative estimate of drug-likeness (QED) is 0.276. The standard InChI is InChI=1S/C24H30BrClN2O2S/c1-4-17(2)27-24(30)18(3)28(16-19-7-9-20(25)10-8-19)23(29)6-5-15-31-22-13-11-21(26)12-14-22/h7-14,17-18H,4-6,15-16H2,1-3H3,(H,27,30)/t17-,18+/m1/s1. The van der Waals surface area contributed by atoms with Gasteiger partial charge in [0.1, 0.15) is 6.04 Å². The SMILES string of the molecule is CC[C@@H](C)NC(=O)[C@H](C)N(Cc1ccc(Br)cc1)C(=O)CCCSc1ccc(Cl)cc1. The fraction of sp³-hybridized carbons (Fsp3) is 0.417. The molecule has 2 aromatic carbocycles. The summed E-state index contributed by atoms with van der Waals surface area (Å²) < 4.78 is 0.982. The van der Waals surface area contributed by atoms with Crippen molar-refractivity contribution in [1.29, 1.82) is 0 Å². The molecule has 7 heteroatoms. The number of carbonyl (C=O) groups excluding carboxylic acids is 2. The van der Waals surface area contributed by atoms with Crippen LogP contribution in [0.4, 0.5) is 0 Å². The van der Waals surface area contributed by atoms with Crippen LogP contribution in [0.5, 0.6) is 0 Å². The van der Waals surface area contributed by atoms with Gasteiger partial charge in [0.15, 0.2) is 0 Å². The molecule has 2 atom stereocenters. The lowest BCUT2D eigenvalue weighted by atomic mass is 10.1. The van der Waals surface area contributed by atoms with Crippen molar-refractivity contribution in [3.8, 4) is 0 Å². The molecule has 0 aromatic heterocycles. The molecule has 0 heterocycles. The molecule has 0 unspecified atom stereocenters. The summed E-state index contributed by atoms with van der Waals surface area (Å²) in [6, 6.07) is 15.1. The van der Waals surface area contributed by atoms with E-state index in [4.69, 9.17) is 11.6 Å². The topological polar surface area (TPSA) is 49.4 Å². The smallest absolute Gasteiger partial charge is 0.242 e. The zero-order chi connectivity index (χ0) is 22.8. The van der Waals surface area contributed by atoms with E-state index in [1.807, 2.05) is 62.4 Å². The van der Waals surface area contributed by atoms with E-state index in [1.165, 1.54) is 0 Å². The van der Waals surface area contributed by atoms with E-state index in [1.54, 1.807) is 23.6 Å². The van der Waals surface area contributed by atoms with Gasteiger partial charge in [0.25, 0.3) is 0 Å². The van der Waals surface area contributed by atoms with Crippen molar-refractivity contribution in [2.75, 3.05) is 5.75 Å². The minimum atomic E-state index is -0.533. The normalized spacial score (nSPS) is 12.8. The van der Waals surface area contributed by atoms with E-state index in [2.05, 4.69) is 21.2 Å². The number of rotatable bonds is 11. The highest BCUT2D eigenvalue weighted by Crippen LogP contribution is 2.22. The Balaban J connectivity index is 1.99. The van der Waals surface area contributed by atoms with Crippen LogP contribution >= 0.6 is 39.3 Å². The molecule has 2 aromatic rings. The number of halogens is 2. The molecule has 0 saturated heterocycles. The van der Waals surface area contributed by atoms with E-state index in [0.717, 1.165) is 33.5 Å². The number of nitrogens with one attached hydrogen (secondary N) is 1. The Kier molecular flexibility index (Phi) is 10.9. The van der Waals surface area contributed by atoms with Crippen LogP contribution in [0.25, 0.3) is 0 Å². The molecule has 4 nitrogen and oxygen atoms in total. The second-order valence-electron chi connectivity index (χ2n) is 7.55. The van der Waals surface area contributed by atoms with Crippen LogP contribution in [0.3, 0.4) is 0 Å². The van der Waals surface area contributed by atoms with Gasteiger partial charge in [0.2, 0.25) is 11.8 Å². The summed E-state index contributed by atoms with van der Waals surface area (Å²) in [5.41, 5.74) is 0.996.